The first kappa shape index (κ1) is 9.19. The van der Waals surface area contributed by atoms with Crippen LogP contribution in [-0.2, 0) is 6.61 Å². The molecule has 0 amide bonds. The summed E-state index contributed by atoms with van der Waals surface area (Å²) in [7, 11) is 0. The molecule has 1 atom stereocenters. The molecule has 3 heteroatoms. The minimum atomic E-state index is 0.186. The molecule has 2 rings (SSSR count). The number of rotatable bonds is 2. The molecule has 2 N–H and O–H groups in total. The van der Waals surface area contributed by atoms with Gasteiger partial charge >= 0.3 is 0 Å². The molecule has 72 valence electrons. The molecule has 1 aromatic rings. The van der Waals surface area contributed by atoms with Gasteiger partial charge in [0.25, 0.3) is 0 Å². The Morgan fingerprint density at radius 3 is 3.15 bits per heavy atom. The van der Waals surface area contributed by atoms with Crippen LogP contribution in [0.15, 0.2) is 11.4 Å². The van der Waals surface area contributed by atoms with Gasteiger partial charge in [0.15, 0.2) is 0 Å². The molecule has 1 aliphatic heterocycles. The van der Waals surface area contributed by atoms with Crippen LogP contribution in [0, 0.1) is 0 Å². The van der Waals surface area contributed by atoms with Crippen molar-refractivity contribution in [3.8, 4) is 0 Å². The maximum atomic E-state index is 9.12. The molecule has 13 heavy (non-hydrogen) atoms. The molecule has 1 aliphatic rings. The average molecular weight is 197 g/mol. The van der Waals surface area contributed by atoms with E-state index in [9.17, 15) is 0 Å². The molecule has 0 aromatic carbocycles. The summed E-state index contributed by atoms with van der Waals surface area (Å²) in [5.41, 5.74) is 1.31. The smallest absolute Gasteiger partial charge is 0.0777 e. The highest BCUT2D eigenvalue weighted by atomic mass is 32.1. The summed E-state index contributed by atoms with van der Waals surface area (Å²) in [6.07, 6.45) is 3.80. The van der Waals surface area contributed by atoms with Crippen LogP contribution in [0.2, 0.25) is 0 Å². The highest BCUT2D eigenvalue weighted by Gasteiger charge is 2.17. The summed E-state index contributed by atoms with van der Waals surface area (Å²) >= 11 is 1.65. The van der Waals surface area contributed by atoms with Crippen molar-refractivity contribution >= 4 is 11.3 Å². The fourth-order valence-electron chi connectivity index (χ4n) is 1.91. The molecule has 1 aromatic heterocycles. The number of piperidine rings is 1. The van der Waals surface area contributed by atoms with E-state index < -0.39 is 0 Å². The van der Waals surface area contributed by atoms with E-state index in [1.54, 1.807) is 11.3 Å². The van der Waals surface area contributed by atoms with Gasteiger partial charge in [-0.2, -0.15) is 0 Å². The molecule has 0 aliphatic carbocycles. The Kier molecular flexibility index (Phi) is 2.98. The van der Waals surface area contributed by atoms with E-state index in [0.717, 1.165) is 11.4 Å². The monoisotopic (exact) mass is 197 g/mol. The van der Waals surface area contributed by atoms with E-state index in [2.05, 4.69) is 16.8 Å². The molecular formula is C10H15NOS. The normalized spacial score (nSPS) is 23.3. The number of aliphatic hydroxyl groups is 1. The third-order valence-electron chi connectivity index (χ3n) is 2.61. The zero-order valence-corrected chi connectivity index (χ0v) is 8.44. The lowest BCUT2D eigenvalue weighted by atomic mass is 9.98. The van der Waals surface area contributed by atoms with Crippen LogP contribution in [0.3, 0.4) is 0 Å². The van der Waals surface area contributed by atoms with Gasteiger partial charge in [-0.1, -0.05) is 6.42 Å². The Morgan fingerprint density at radius 1 is 1.54 bits per heavy atom. The predicted octanol–water partition coefficient (Wildman–Crippen LogP) is 2.06. The van der Waals surface area contributed by atoms with Gasteiger partial charge in [0.05, 0.1) is 6.61 Å². The Morgan fingerprint density at radius 2 is 2.46 bits per heavy atom. The van der Waals surface area contributed by atoms with Crippen molar-refractivity contribution in [2.24, 2.45) is 0 Å². The Labute approximate surface area is 82.6 Å². The van der Waals surface area contributed by atoms with Gasteiger partial charge in [-0.3, -0.25) is 0 Å². The van der Waals surface area contributed by atoms with E-state index in [0.29, 0.717) is 6.04 Å². The molecule has 0 spiro atoms. The third kappa shape index (κ3) is 1.93. The summed E-state index contributed by atoms with van der Waals surface area (Å²) in [5, 5.41) is 14.7. The fourth-order valence-corrected chi connectivity index (χ4v) is 2.71. The fraction of sp³-hybridized carbons (Fsp3) is 0.600. The van der Waals surface area contributed by atoms with Crippen molar-refractivity contribution in [2.45, 2.75) is 31.9 Å². The van der Waals surface area contributed by atoms with Crippen LogP contribution in [0.5, 0.6) is 0 Å². The summed E-state index contributed by atoms with van der Waals surface area (Å²) in [4.78, 5) is 1.12. The van der Waals surface area contributed by atoms with Crippen molar-refractivity contribution in [1.82, 2.24) is 5.32 Å². The maximum absolute atomic E-state index is 9.12. The van der Waals surface area contributed by atoms with Crippen molar-refractivity contribution in [2.75, 3.05) is 6.54 Å². The van der Waals surface area contributed by atoms with Crippen molar-refractivity contribution in [3.63, 3.8) is 0 Å². The summed E-state index contributed by atoms with van der Waals surface area (Å²) in [6, 6.07) is 2.63. The lowest BCUT2D eigenvalue weighted by Gasteiger charge is -2.23. The Bertz CT molecular complexity index is 266. The van der Waals surface area contributed by atoms with Crippen molar-refractivity contribution in [3.05, 3.63) is 21.9 Å². The second-order valence-corrected chi connectivity index (χ2v) is 4.46. The predicted molar refractivity (Wildman–Crippen MR) is 54.8 cm³/mol. The molecule has 0 radical (unpaired) electrons. The van der Waals surface area contributed by atoms with E-state index in [1.165, 1.54) is 24.8 Å². The zero-order valence-electron chi connectivity index (χ0n) is 7.62. The van der Waals surface area contributed by atoms with Crippen molar-refractivity contribution in [1.29, 1.82) is 0 Å². The first-order valence-corrected chi connectivity index (χ1v) is 5.70. The second kappa shape index (κ2) is 4.22. The topological polar surface area (TPSA) is 32.3 Å². The molecule has 1 saturated heterocycles. The summed E-state index contributed by atoms with van der Waals surface area (Å²) in [6.45, 7) is 1.30. The van der Waals surface area contributed by atoms with Crippen LogP contribution in [0.25, 0.3) is 0 Å². The maximum Gasteiger partial charge on any atom is 0.0777 e. The van der Waals surface area contributed by atoms with Gasteiger partial charge in [0.2, 0.25) is 0 Å². The zero-order chi connectivity index (χ0) is 9.10. The molecule has 0 saturated carbocycles. The van der Waals surface area contributed by atoms with Gasteiger partial charge < -0.3 is 10.4 Å². The van der Waals surface area contributed by atoms with Gasteiger partial charge in [0, 0.05) is 10.9 Å². The molecule has 2 nitrogen and oxygen atoms in total. The van der Waals surface area contributed by atoms with E-state index in [1.807, 2.05) is 0 Å². The Balaban J connectivity index is 2.13. The Hall–Kier alpha value is -0.380. The minimum Gasteiger partial charge on any atom is -0.391 e. The summed E-state index contributed by atoms with van der Waals surface area (Å²) < 4.78 is 0. The second-order valence-electron chi connectivity index (χ2n) is 3.46. The highest BCUT2D eigenvalue weighted by Crippen LogP contribution is 2.28. The first-order chi connectivity index (χ1) is 6.42. The average Bonchev–Trinajstić information content (AvgIpc) is 2.67. The van der Waals surface area contributed by atoms with E-state index in [-0.39, 0.29) is 6.61 Å². The molecular weight excluding hydrogens is 182 g/mol. The number of hydrogen-bond donors (Lipinski definition) is 2. The van der Waals surface area contributed by atoms with Gasteiger partial charge in [-0.05, 0) is 36.4 Å². The van der Waals surface area contributed by atoms with Crippen LogP contribution >= 0.6 is 11.3 Å². The lowest BCUT2D eigenvalue weighted by Crippen LogP contribution is -2.27. The van der Waals surface area contributed by atoms with E-state index >= 15 is 0 Å². The van der Waals surface area contributed by atoms with Crippen LogP contribution in [0.1, 0.15) is 35.7 Å². The number of thiophene rings is 1. The van der Waals surface area contributed by atoms with Crippen LogP contribution in [-0.4, -0.2) is 11.7 Å². The molecule has 0 unspecified atom stereocenters. The SMILES string of the molecule is OCc1sccc1[C@H]1CCCCN1. The number of hydrogen-bond acceptors (Lipinski definition) is 3. The van der Waals surface area contributed by atoms with E-state index in [4.69, 9.17) is 5.11 Å². The van der Waals surface area contributed by atoms with Crippen LogP contribution < -0.4 is 5.32 Å². The first-order valence-electron chi connectivity index (χ1n) is 4.82. The van der Waals surface area contributed by atoms with Gasteiger partial charge in [0.1, 0.15) is 0 Å². The van der Waals surface area contributed by atoms with Crippen LogP contribution in [0.4, 0.5) is 0 Å². The lowest BCUT2D eigenvalue weighted by molar-refractivity contribution is 0.282. The van der Waals surface area contributed by atoms with Gasteiger partial charge in [-0.25, -0.2) is 0 Å². The van der Waals surface area contributed by atoms with Gasteiger partial charge in [-0.15, -0.1) is 11.3 Å². The standard InChI is InChI=1S/C10H15NOS/c12-7-10-8(4-6-13-10)9-3-1-2-5-11-9/h4,6,9,11-12H,1-3,5,7H2/t9-/m1/s1. The molecule has 2 heterocycles. The largest absolute Gasteiger partial charge is 0.391 e. The summed E-state index contributed by atoms with van der Waals surface area (Å²) in [5.74, 6) is 0. The quantitative estimate of drug-likeness (QED) is 0.760. The molecule has 1 fully saturated rings. The number of nitrogens with one attached hydrogen (secondary N) is 1. The number of aliphatic hydroxyl groups excluding tert-OH is 1. The highest BCUT2D eigenvalue weighted by molar-refractivity contribution is 7.10. The third-order valence-corrected chi connectivity index (χ3v) is 3.53. The van der Waals surface area contributed by atoms with Crippen molar-refractivity contribution < 1.29 is 5.11 Å². The minimum absolute atomic E-state index is 0.186. The molecule has 0 bridgehead atoms.